The highest BCUT2D eigenvalue weighted by atomic mass is 19.1. The summed E-state index contributed by atoms with van der Waals surface area (Å²) in [5.74, 6) is -0.524. The molecule has 1 aliphatic carbocycles. The summed E-state index contributed by atoms with van der Waals surface area (Å²) in [6, 6.07) is 5.75. The van der Waals surface area contributed by atoms with Crippen LogP contribution >= 0.6 is 0 Å². The molecule has 1 aliphatic rings. The molecule has 92 valence electrons. The van der Waals surface area contributed by atoms with Gasteiger partial charge in [-0.15, -0.1) is 0 Å². The molecule has 1 saturated carbocycles. The van der Waals surface area contributed by atoms with Crippen molar-refractivity contribution >= 4 is 5.78 Å². The summed E-state index contributed by atoms with van der Waals surface area (Å²) < 4.78 is 18.5. The van der Waals surface area contributed by atoms with Gasteiger partial charge in [0.1, 0.15) is 12.4 Å². The first kappa shape index (κ1) is 12.2. The molecule has 1 fully saturated rings. The molecule has 2 rings (SSSR count). The van der Waals surface area contributed by atoms with Crippen LogP contribution in [-0.2, 0) is 4.74 Å². The minimum Gasteiger partial charge on any atom is -0.370 e. The average Bonchev–Trinajstić information content (AvgIpc) is 2.37. The molecule has 1 aromatic rings. The van der Waals surface area contributed by atoms with Gasteiger partial charge in [0, 0.05) is 5.56 Å². The number of carbonyl (C=O) groups is 1. The molecule has 17 heavy (non-hydrogen) atoms. The molecule has 0 radical (unpaired) electrons. The lowest BCUT2D eigenvalue weighted by Crippen LogP contribution is -2.21. The molecule has 1 aromatic carbocycles. The second-order valence-electron chi connectivity index (χ2n) is 4.50. The van der Waals surface area contributed by atoms with Crippen LogP contribution in [0.2, 0.25) is 0 Å². The Kier molecular flexibility index (Phi) is 4.26. The van der Waals surface area contributed by atoms with Crippen molar-refractivity contribution in [2.24, 2.45) is 0 Å². The SMILES string of the molecule is O=C(COC1CCCCC1)c1cccc(F)c1. The highest BCUT2D eigenvalue weighted by molar-refractivity contribution is 5.97. The number of halogens is 1. The lowest BCUT2D eigenvalue weighted by atomic mass is 9.98. The van der Waals surface area contributed by atoms with Crippen LogP contribution in [0.25, 0.3) is 0 Å². The zero-order valence-electron chi connectivity index (χ0n) is 9.82. The van der Waals surface area contributed by atoms with E-state index in [0.29, 0.717) is 5.56 Å². The second kappa shape index (κ2) is 5.92. The van der Waals surface area contributed by atoms with E-state index in [1.165, 1.54) is 31.4 Å². The van der Waals surface area contributed by atoms with Gasteiger partial charge in [-0.1, -0.05) is 31.4 Å². The zero-order valence-corrected chi connectivity index (χ0v) is 9.82. The van der Waals surface area contributed by atoms with Crippen LogP contribution in [0, 0.1) is 5.82 Å². The molecule has 0 atom stereocenters. The number of hydrogen-bond acceptors (Lipinski definition) is 2. The third-order valence-electron chi connectivity index (χ3n) is 3.15. The fourth-order valence-corrected chi connectivity index (χ4v) is 2.17. The van der Waals surface area contributed by atoms with Gasteiger partial charge in [0.15, 0.2) is 5.78 Å². The smallest absolute Gasteiger partial charge is 0.188 e. The molecule has 0 bridgehead atoms. The van der Waals surface area contributed by atoms with E-state index in [0.717, 1.165) is 12.8 Å². The second-order valence-corrected chi connectivity index (χ2v) is 4.50. The van der Waals surface area contributed by atoms with E-state index in [4.69, 9.17) is 4.74 Å². The molecule has 0 heterocycles. The number of ketones is 1. The van der Waals surface area contributed by atoms with Crippen LogP contribution in [-0.4, -0.2) is 18.5 Å². The fourth-order valence-electron chi connectivity index (χ4n) is 2.17. The van der Waals surface area contributed by atoms with Crippen LogP contribution in [0.4, 0.5) is 4.39 Å². The average molecular weight is 236 g/mol. The Morgan fingerprint density at radius 1 is 1.29 bits per heavy atom. The van der Waals surface area contributed by atoms with Crippen molar-refractivity contribution in [1.82, 2.24) is 0 Å². The summed E-state index contributed by atoms with van der Waals surface area (Å²) in [5.41, 5.74) is 0.390. The Morgan fingerprint density at radius 2 is 2.06 bits per heavy atom. The molecule has 3 heteroatoms. The molecule has 0 aliphatic heterocycles. The number of benzene rings is 1. The number of rotatable bonds is 4. The van der Waals surface area contributed by atoms with E-state index in [9.17, 15) is 9.18 Å². The summed E-state index contributed by atoms with van der Waals surface area (Å²) >= 11 is 0. The molecular weight excluding hydrogens is 219 g/mol. The highest BCUT2D eigenvalue weighted by Crippen LogP contribution is 2.20. The number of ether oxygens (including phenoxy) is 1. The van der Waals surface area contributed by atoms with Crippen LogP contribution in [0.5, 0.6) is 0 Å². The van der Waals surface area contributed by atoms with E-state index >= 15 is 0 Å². The summed E-state index contributed by atoms with van der Waals surface area (Å²) in [6.07, 6.45) is 5.91. The Balaban J connectivity index is 1.84. The van der Waals surface area contributed by atoms with E-state index < -0.39 is 0 Å². The van der Waals surface area contributed by atoms with Crippen molar-refractivity contribution in [3.8, 4) is 0 Å². The third kappa shape index (κ3) is 3.63. The zero-order chi connectivity index (χ0) is 12.1. The Labute approximate surface area is 101 Å². The maximum absolute atomic E-state index is 12.9. The molecule has 0 aromatic heterocycles. The number of carbonyl (C=O) groups excluding carboxylic acids is 1. The minimum absolute atomic E-state index is 0.0636. The largest absolute Gasteiger partial charge is 0.370 e. The normalized spacial score (nSPS) is 17.0. The van der Waals surface area contributed by atoms with Gasteiger partial charge < -0.3 is 4.74 Å². The first-order valence-corrected chi connectivity index (χ1v) is 6.16. The maximum atomic E-state index is 12.9. The topological polar surface area (TPSA) is 26.3 Å². The molecule has 2 nitrogen and oxygen atoms in total. The third-order valence-corrected chi connectivity index (χ3v) is 3.15. The number of hydrogen-bond donors (Lipinski definition) is 0. The summed E-state index contributed by atoms with van der Waals surface area (Å²) in [4.78, 5) is 11.7. The first-order chi connectivity index (χ1) is 8.25. The molecule has 0 unspecified atom stereocenters. The number of Topliss-reactive ketones (excluding diaryl/α,β-unsaturated/α-hetero) is 1. The van der Waals surface area contributed by atoms with Gasteiger partial charge in [-0.05, 0) is 25.0 Å². The molecule has 0 saturated heterocycles. The van der Waals surface area contributed by atoms with Crippen LogP contribution in [0.1, 0.15) is 42.5 Å². The van der Waals surface area contributed by atoms with Crippen molar-refractivity contribution in [3.05, 3.63) is 35.6 Å². The monoisotopic (exact) mass is 236 g/mol. The summed E-state index contributed by atoms with van der Waals surface area (Å²) in [7, 11) is 0. The van der Waals surface area contributed by atoms with E-state index in [1.807, 2.05) is 0 Å². The molecule has 0 spiro atoms. The van der Waals surface area contributed by atoms with Crippen molar-refractivity contribution < 1.29 is 13.9 Å². The van der Waals surface area contributed by atoms with E-state index in [2.05, 4.69) is 0 Å². The van der Waals surface area contributed by atoms with Crippen molar-refractivity contribution in [1.29, 1.82) is 0 Å². The van der Waals surface area contributed by atoms with Crippen LogP contribution in [0.15, 0.2) is 24.3 Å². The highest BCUT2D eigenvalue weighted by Gasteiger charge is 2.15. The maximum Gasteiger partial charge on any atom is 0.188 e. The predicted molar refractivity (Wildman–Crippen MR) is 63.6 cm³/mol. The molecule has 0 N–H and O–H groups in total. The minimum atomic E-state index is -0.381. The van der Waals surface area contributed by atoms with Gasteiger partial charge in [0.05, 0.1) is 6.10 Å². The Hall–Kier alpha value is -1.22. The van der Waals surface area contributed by atoms with E-state index in [1.54, 1.807) is 12.1 Å². The Morgan fingerprint density at radius 3 is 2.76 bits per heavy atom. The summed E-state index contributed by atoms with van der Waals surface area (Å²) in [6.45, 7) is 0.0636. The molecule has 0 amide bonds. The molecular formula is C14H17FO2. The van der Waals surface area contributed by atoms with Gasteiger partial charge in [0.2, 0.25) is 0 Å². The van der Waals surface area contributed by atoms with Gasteiger partial charge in [-0.2, -0.15) is 0 Å². The first-order valence-electron chi connectivity index (χ1n) is 6.16. The summed E-state index contributed by atoms with van der Waals surface area (Å²) in [5, 5.41) is 0. The van der Waals surface area contributed by atoms with Crippen molar-refractivity contribution in [2.45, 2.75) is 38.2 Å². The lowest BCUT2D eigenvalue weighted by Gasteiger charge is -2.21. The Bertz CT molecular complexity index is 384. The quantitative estimate of drug-likeness (QED) is 0.749. The van der Waals surface area contributed by atoms with E-state index in [-0.39, 0.29) is 24.3 Å². The fraction of sp³-hybridized carbons (Fsp3) is 0.500. The van der Waals surface area contributed by atoms with Crippen molar-refractivity contribution in [2.75, 3.05) is 6.61 Å². The van der Waals surface area contributed by atoms with Gasteiger partial charge >= 0.3 is 0 Å². The van der Waals surface area contributed by atoms with Crippen LogP contribution < -0.4 is 0 Å². The van der Waals surface area contributed by atoms with Gasteiger partial charge in [0.25, 0.3) is 0 Å². The van der Waals surface area contributed by atoms with Crippen molar-refractivity contribution in [3.63, 3.8) is 0 Å². The predicted octanol–water partition coefficient (Wildman–Crippen LogP) is 3.36. The van der Waals surface area contributed by atoms with Gasteiger partial charge in [-0.3, -0.25) is 4.79 Å². The lowest BCUT2D eigenvalue weighted by molar-refractivity contribution is 0.0284. The van der Waals surface area contributed by atoms with Crippen LogP contribution in [0.3, 0.4) is 0 Å². The van der Waals surface area contributed by atoms with Gasteiger partial charge in [-0.25, -0.2) is 4.39 Å². The standard InChI is InChI=1S/C14H17FO2/c15-12-6-4-5-11(9-12)14(16)10-17-13-7-2-1-3-8-13/h4-6,9,13H,1-3,7-8,10H2.